The van der Waals surface area contributed by atoms with Crippen molar-refractivity contribution in [3.63, 3.8) is 0 Å². The summed E-state index contributed by atoms with van der Waals surface area (Å²) in [5.41, 5.74) is 1.95. The summed E-state index contributed by atoms with van der Waals surface area (Å²) in [4.78, 5) is 12.6. The lowest BCUT2D eigenvalue weighted by Crippen LogP contribution is -2.37. The first kappa shape index (κ1) is 22.6. The standard InChI is InChI=1S/C23H22F2N2O3S/c1-16-6-10-18(11-7-16)14-27(31(29,30)19-12-8-17(2)9-13-19)15-22(28)26-23-20(24)4-3-5-21(23)25/h3-13H,14-15H2,1-2H3,(H,26,28). The molecule has 162 valence electrons. The van der Waals surface area contributed by atoms with Gasteiger partial charge in [0.05, 0.1) is 11.4 Å². The summed E-state index contributed by atoms with van der Waals surface area (Å²) >= 11 is 0. The number of halogens is 2. The molecule has 0 saturated heterocycles. The summed E-state index contributed by atoms with van der Waals surface area (Å²) in [6, 6.07) is 16.6. The molecule has 3 aromatic rings. The van der Waals surface area contributed by atoms with Crippen LogP contribution in [0.5, 0.6) is 0 Å². The van der Waals surface area contributed by atoms with E-state index >= 15 is 0 Å². The lowest BCUT2D eigenvalue weighted by molar-refractivity contribution is -0.116. The highest BCUT2D eigenvalue weighted by Gasteiger charge is 2.27. The molecular weight excluding hydrogens is 422 g/mol. The van der Waals surface area contributed by atoms with Crippen LogP contribution in [0.2, 0.25) is 0 Å². The molecular formula is C23H22F2N2O3S. The lowest BCUT2D eigenvalue weighted by Gasteiger charge is -2.22. The van der Waals surface area contributed by atoms with E-state index in [9.17, 15) is 22.0 Å². The Morgan fingerprint density at radius 3 is 1.94 bits per heavy atom. The van der Waals surface area contributed by atoms with Gasteiger partial charge in [0.2, 0.25) is 15.9 Å². The third-order valence-electron chi connectivity index (χ3n) is 4.69. The van der Waals surface area contributed by atoms with E-state index in [-0.39, 0.29) is 11.4 Å². The number of rotatable bonds is 7. The van der Waals surface area contributed by atoms with Gasteiger partial charge < -0.3 is 5.32 Å². The number of hydrogen-bond acceptors (Lipinski definition) is 3. The smallest absolute Gasteiger partial charge is 0.243 e. The van der Waals surface area contributed by atoms with Crippen molar-refractivity contribution in [2.24, 2.45) is 0 Å². The van der Waals surface area contributed by atoms with E-state index in [1.807, 2.05) is 26.0 Å². The number of anilines is 1. The average Bonchev–Trinajstić information content (AvgIpc) is 2.72. The van der Waals surface area contributed by atoms with Gasteiger partial charge in [-0.05, 0) is 43.7 Å². The van der Waals surface area contributed by atoms with Crippen LogP contribution in [0.15, 0.2) is 71.6 Å². The third kappa shape index (κ3) is 5.53. The zero-order chi connectivity index (χ0) is 22.6. The van der Waals surface area contributed by atoms with Crippen LogP contribution < -0.4 is 5.32 Å². The van der Waals surface area contributed by atoms with Crippen LogP contribution in [-0.2, 0) is 21.4 Å². The van der Waals surface area contributed by atoms with Gasteiger partial charge in [0.1, 0.15) is 17.3 Å². The van der Waals surface area contributed by atoms with Crippen molar-refractivity contribution in [1.29, 1.82) is 0 Å². The lowest BCUT2D eigenvalue weighted by atomic mass is 10.1. The normalized spacial score (nSPS) is 11.5. The van der Waals surface area contributed by atoms with E-state index in [1.165, 1.54) is 18.2 Å². The molecule has 1 N–H and O–H groups in total. The van der Waals surface area contributed by atoms with Crippen LogP contribution in [0, 0.1) is 25.5 Å². The first-order valence-electron chi connectivity index (χ1n) is 9.53. The first-order valence-corrected chi connectivity index (χ1v) is 11.0. The van der Waals surface area contributed by atoms with Crippen molar-refractivity contribution >= 4 is 21.6 Å². The molecule has 0 aliphatic rings. The molecule has 31 heavy (non-hydrogen) atoms. The Kier molecular flexibility index (Phi) is 6.82. The highest BCUT2D eigenvalue weighted by Crippen LogP contribution is 2.21. The van der Waals surface area contributed by atoms with Crippen molar-refractivity contribution in [3.8, 4) is 0 Å². The van der Waals surface area contributed by atoms with Gasteiger partial charge in [-0.25, -0.2) is 17.2 Å². The number of nitrogens with zero attached hydrogens (tertiary/aromatic N) is 1. The Morgan fingerprint density at radius 1 is 0.871 bits per heavy atom. The summed E-state index contributed by atoms with van der Waals surface area (Å²) in [5, 5.41) is 2.14. The molecule has 0 atom stereocenters. The predicted molar refractivity (Wildman–Crippen MR) is 115 cm³/mol. The van der Waals surface area contributed by atoms with Gasteiger partial charge in [-0.2, -0.15) is 4.31 Å². The van der Waals surface area contributed by atoms with Gasteiger partial charge in [0.25, 0.3) is 0 Å². The van der Waals surface area contributed by atoms with Crippen molar-refractivity contribution in [2.45, 2.75) is 25.3 Å². The molecule has 0 aliphatic heterocycles. The van der Waals surface area contributed by atoms with E-state index in [0.717, 1.165) is 27.6 Å². The Labute approximate surface area is 180 Å². The van der Waals surface area contributed by atoms with Crippen molar-refractivity contribution < 1.29 is 22.0 Å². The van der Waals surface area contributed by atoms with E-state index in [1.54, 1.807) is 24.3 Å². The number of para-hydroxylation sites is 1. The van der Waals surface area contributed by atoms with Crippen LogP contribution in [0.1, 0.15) is 16.7 Å². The Morgan fingerprint density at radius 2 is 1.39 bits per heavy atom. The molecule has 0 fully saturated rings. The number of benzene rings is 3. The molecule has 0 saturated carbocycles. The quantitative estimate of drug-likeness (QED) is 0.587. The van der Waals surface area contributed by atoms with Gasteiger partial charge in [-0.3, -0.25) is 4.79 Å². The molecule has 5 nitrogen and oxygen atoms in total. The molecule has 0 aliphatic carbocycles. The van der Waals surface area contributed by atoms with E-state index < -0.39 is 39.8 Å². The molecule has 3 rings (SSSR count). The Hall–Kier alpha value is -3.10. The minimum Gasteiger partial charge on any atom is -0.320 e. The molecule has 8 heteroatoms. The molecule has 0 spiro atoms. The SMILES string of the molecule is Cc1ccc(CN(CC(=O)Nc2c(F)cccc2F)S(=O)(=O)c2ccc(C)cc2)cc1. The van der Waals surface area contributed by atoms with Gasteiger partial charge >= 0.3 is 0 Å². The molecule has 0 unspecified atom stereocenters. The maximum absolute atomic E-state index is 13.9. The van der Waals surface area contributed by atoms with Crippen molar-refractivity contribution in [1.82, 2.24) is 4.31 Å². The fourth-order valence-corrected chi connectivity index (χ4v) is 4.32. The largest absolute Gasteiger partial charge is 0.320 e. The predicted octanol–water partition coefficient (Wildman–Crippen LogP) is 4.41. The minimum atomic E-state index is -4.05. The molecule has 3 aromatic carbocycles. The second-order valence-electron chi connectivity index (χ2n) is 7.22. The van der Waals surface area contributed by atoms with Crippen LogP contribution in [0.25, 0.3) is 0 Å². The molecule has 0 radical (unpaired) electrons. The van der Waals surface area contributed by atoms with Crippen LogP contribution in [0.4, 0.5) is 14.5 Å². The summed E-state index contributed by atoms with van der Waals surface area (Å²) in [7, 11) is -4.05. The molecule has 1 amide bonds. The highest BCUT2D eigenvalue weighted by molar-refractivity contribution is 7.89. The third-order valence-corrected chi connectivity index (χ3v) is 6.49. The number of sulfonamides is 1. The zero-order valence-corrected chi connectivity index (χ0v) is 17.9. The van der Waals surface area contributed by atoms with Crippen molar-refractivity contribution in [2.75, 3.05) is 11.9 Å². The number of aryl methyl sites for hydroxylation is 2. The number of nitrogens with one attached hydrogen (secondary N) is 1. The molecule has 0 heterocycles. The van der Waals surface area contributed by atoms with Gasteiger partial charge in [-0.1, -0.05) is 53.6 Å². The van der Waals surface area contributed by atoms with Gasteiger partial charge in [0, 0.05) is 6.54 Å². The van der Waals surface area contributed by atoms with Crippen LogP contribution in [0.3, 0.4) is 0 Å². The monoisotopic (exact) mass is 444 g/mol. The van der Waals surface area contributed by atoms with E-state index in [0.29, 0.717) is 5.56 Å². The number of carbonyl (C=O) groups is 1. The van der Waals surface area contributed by atoms with Crippen molar-refractivity contribution in [3.05, 3.63) is 95.1 Å². The highest BCUT2D eigenvalue weighted by atomic mass is 32.2. The summed E-state index contributed by atoms with van der Waals surface area (Å²) < 4.78 is 55.2. The summed E-state index contributed by atoms with van der Waals surface area (Å²) in [6.07, 6.45) is 0. The zero-order valence-electron chi connectivity index (χ0n) is 17.1. The molecule has 0 aromatic heterocycles. The maximum atomic E-state index is 13.9. The number of amides is 1. The average molecular weight is 445 g/mol. The second-order valence-corrected chi connectivity index (χ2v) is 9.15. The Bertz CT molecular complexity index is 1160. The second kappa shape index (κ2) is 9.36. The fourth-order valence-electron chi connectivity index (χ4n) is 2.94. The first-order chi connectivity index (χ1) is 14.7. The summed E-state index contributed by atoms with van der Waals surface area (Å²) in [6.45, 7) is 3.04. The molecule has 0 bridgehead atoms. The van der Waals surface area contributed by atoms with Crippen LogP contribution in [-0.4, -0.2) is 25.2 Å². The van der Waals surface area contributed by atoms with Gasteiger partial charge in [-0.15, -0.1) is 0 Å². The summed E-state index contributed by atoms with van der Waals surface area (Å²) in [5.74, 6) is -2.74. The van der Waals surface area contributed by atoms with Crippen LogP contribution >= 0.6 is 0 Å². The van der Waals surface area contributed by atoms with E-state index in [4.69, 9.17) is 0 Å². The van der Waals surface area contributed by atoms with Gasteiger partial charge in [0.15, 0.2) is 0 Å². The Balaban J connectivity index is 1.90. The number of carbonyl (C=O) groups excluding carboxylic acids is 1. The maximum Gasteiger partial charge on any atom is 0.243 e. The number of hydrogen-bond donors (Lipinski definition) is 1. The minimum absolute atomic E-state index is 0.0232. The topological polar surface area (TPSA) is 66.5 Å². The fraction of sp³-hybridized carbons (Fsp3) is 0.174. The van der Waals surface area contributed by atoms with E-state index in [2.05, 4.69) is 5.32 Å².